The number of hydrogen-bond acceptors (Lipinski definition) is 3. The Bertz CT molecular complexity index is 476. The summed E-state index contributed by atoms with van der Waals surface area (Å²) >= 11 is 5.86. The maximum atomic E-state index is 3.78. The monoisotopic (exact) mass is 354 g/mol. The molecule has 2 unspecified atom stereocenters. The zero-order valence-electron chi connectivity index (χ0n) is 12.2. The second kappa shape index (κ2) is 6.29. The highest BCUT2D eigenvalue weighted by Gasteiger charge is 2.26. The second-order valence-corrected chi connectivity index (χ2v) is 8.29. The number of rotatable bonds is 4. The van der Waals surface area contributed by atoms with E-state index in [0.29, 0.717) is 11.3 Å². The molecule has 0 amide bonds. The molecule has 2 atom stereocenters. The van der Waals surface area contributed by atoms with Gasteiger partial charge in [0.25, 0.3) is 0 Å². The van der Waals surface area contributed by atoms with Gasteiger partial charge < -0.3 is 10.2 Å². The van der Waals surface area contributed by atoms with Crippen molar-refractivity contribution in [2.45, 2.75) is 50.6 Å². The Balaban J connectivity index is 1.72. The molecule has 0 bridgehead atoms. The summed E-state index contributed by atoms with van der Waals surface area (Å²) in [6, 6.07) is 8.21. The van der Waals surface area contributed by atoms with Gasteiger partial charge in [-0.3, -0.25) is 0 Å². The zero-order chi connectivity index (χ0) is 14.1. The molecule has 1 heterocycles. The molecule has 0 aromatic heterocycles. The number of nitrogens with one attached hydrogen (secondary N) is 1. The molecule has 1 aliphatic heterocycles. The molecule has 4 heteroatoms. The van der Waals surface area contributed by atoms with Crippen LogP contribution in [0.5, 0.6) is 0 Å². The summed E-state index contributed by atoms with van der Waals surface area (Å²) in [7, 11) is 0. The quantitative estimate of drug-likeness (QED) is 0.878. The van der Waals surface area contributed by atoms with E-state index in [1.54, 1.807) is 0 Å². The topological polar surface area (TPSA) is 15.3 Å². The minimum absolute atomic E-state index is 0.598. The molecule has 1 aromatic carbocycles. The van der Waals surface area contributed by atoms with Crippen molar-refractivity contribution in [2.24, 2.45) is 0 Å². The van der Waals surface area contributed by atoms with E-state index in [2.05, 4.69) is 70.0 Å². The Morgan fingerprint density at radius 1 is 1.35 bits per heavy atom. The molecule has 1 saturated carbocycles. The van der Waals surface area contributed by atoms with Crippen LogP contribution in [0.2, 0.25) is 0 Å². The number of nitrogens with zero attached hydrogens (tertiary/aromatic N) is 1. The predicted molar refractivity (Wildman–Crippen MR) is 92.7 cm³/mol. The standard InChI is InChI=1S/C16H23BrN2S/c1-11-12(2)20-8-7-19(11)16-6-3-13(9-15(16)17)10-18-14-4-5-14/h3,6,9,11-12,14,18H,4-5,7-8,10H2,1-2H3. The van der Waals surface area contributed by atoms with Crippen molar-refractivity contribution in [1.82, 2.24) is 5.32 Å². The van der Waals surface area contributed by atoms with Gasteiger partial charge in [-0.05, 0) is 53.4 Å². The SMILES string of the molecule is CC1SCCN(c2ccc(CNC3CC3)cc2Br)C1C. The van der Waals surface area contributed by atoms with E-state index < -0.39 is 0 Å². The van der Waals surface area contributed by atoms with Crippen molar-refractivity contribution in [2.75, 3.05) is 17.2 Å². The summed E-state index contributed by atoms with van der Waals surface area (Å²) in [6.45, 7) is 6.81. The Hall–Kier alpha value is -0.190. The lowest BCUT2D eigenvalue weighted by Crippen LogP contribution is -2.44. The maximum absolute atomic E-state index is 3.78. The van der Waals surface area contributed by atoms with Gasteiger partial charge in [-0.15, -0.1) is 0 Å². The van der Waals surface area contributed by atoms with Crippen LogP contribution in [0.25, 0.3) is 0 Å². The van der Waals surface area contributed by atoms with Crippen LogP contribution in [0.3, 0.4) is 0 Å². The van der Waals surface area contributed by atoms with E-state index in [4.69, 9.17) is 0 Å². The smallest absolute Gasteiger partial charge is 0.0513 e. The van der Waals surface area contributed by atoms with Crippen LogP contribution in [0.1, 0.15) is 32.3 Å². The highest BCUT2D eigenvalue weighted by molar-refractivity contribution is 9.10. The second-order valence-electron chi connectivity index (χ2n) is 5.95. The molecule has 2 nitrogen and oxygen atoms in total. The van der Waals surface area contributed by atoms with Crippen LogP contribution < -0.4 is 10.2 Å². The Morgan fingerprint density at radius 2 is 2.15 bits per heavy atom. The van der Waals surface area contributed by atoms with Crippen molar-refractivity contribution in [3.05, 3.63) is 28.2 Å². The molecule has 2 aliphatic rings. The average Bonchev–Trinajstić information content (AvgIpc) is 3.24. The van der Waals surface area contributed by atoms with Gasteiger partial charge >= 0.3 is 0 Å². The van der Waals surface area contributed by atoms with Gasteiger partial charge in [-0.1, -0.05) is 13.0 Å². The van der Waals surface area contributed by atoms with Crippen molar-refractivity contribution < 1.29 is 0 Å². The van der Waals surface area contributed by atoms with Crippen molar-refractivity contribution in [3.63, 3.8) is 0 Å². The van der Waals surface area contributed by atoms with Crippen LogP contribution in [-0.4, -0.2) is 29.6 Å². The third-order valence-corrected chi connectivity index (χ3v) is 6.35. The average molecular weight is 355 g/mol. The van der Waals surface area contributed by atoms with Gasteiger partial charge in [0.05, 0.1) is 5.69 Å². The molecule has 3 rings (SSSR count). The van der Waals surface area contributed by atoms with E-state index in [1.807, 2.05) is 0 Å². The fraction of sp³-hybridized carbons (Fsp3) is 0.625. The molecule has 1 N–H and O–H groups in total. The molecule has 1 aliphatic carbocycles. The number of benzene rings is 1. The highest BCUT2D eigenvalue weighted by atomic mass is 79.9. The number of hydrogen-bond donors (Lipinski definition) is 1. The first-order valence-corrected chi connectivity index (χ1v) is 9.39. The lowest BCUT2D eigenvalue weighted by atomic mass is 10.1. The number of thioether (sulfide) groups is 1. The molecule has 1 aromatic rings. The van der Waals surface area contributed by atoms with Gasteiger partial charge in [0.15, 0.2) is 0 Å². The van der Waals surface area contributed by atoms with Crippen LogP contribution in [-0.2, 0) is 6.54 Å². The van der Waals surface area contributed by atoms with Crippen LogP contribution in [0, 0.1) is 0 Å². The van der Waals surface area contributed by atoms with Gasteiger partial charge in [0.2, 0.25) is 0 Å². The number of anilines is 1. The van der Waals surface area contributed by atoms with Gasteiger partial charge in [-0.2, -0.15) is 11.8 Å². The minimum atomic E-state index is 0.598. The largest absolute Gasteiger partial charge is 0.366 e. The number of halogens is 1. The summed E-state index contributed by atoms with van der Waals surface area (Å²) < 4.78 is 1.23. The first-order valence-electron chi connectivity index (χ1n) is 7.55. The van der Waals surface area contributed by atoms with Crippen LogP contribution >= 0.6 is 27.7 Å². The molecule has 0 radical (unpaired) electrons. The van der Waals surface area contributed by atoms with E-state index in [-0.39, 0.29) is 0 Å². The van der Waals surface area contributed by atoms with Crippen molar-refractivity contribution >= 4 is 33.4 Å². The Morgan fingerprint density at radius 3 is 2.85 bits per heavy atom. The summed E-state index contributed by atoms with van der Waals surface area (Å²) in [4.78, 5) is 2.54. The maximum Gasteiger partial charge on any atom is 0.0513 e. The lowest BCUT2D eigenvalue weighted by molar-refractivity contribution is 0.626. The summed E-state index contributed by atoms with van der Waals surface area (Å²) in [5.41, 5.74) is 2.72. The van der Waals surface area contributed by atoms with E-state index >= 15 is 0 Å². The molecule has 110 valence electrons. The first kappa shape index (κ1) is 14.7. The Kier molecular flexibility index (Phi) is 4.63. The Labute approximate surface area is 134 Å². The summed E-state index contributed by atoms with van der Waals surface area (Å²) in [5, 5.41) is 4.28. The highest BCUT2D eigenvalue weighted by Crippen LogP contribution is 2.34. The lowest BCUT2D eigenvalue weighted by Gasteiger charge is -2.39. The van der Waals surface area contributed by atoms with Crippen LogP contribution in [0.4, 0.5) is 5.69 Å². The minimum Gasteiger partial charge on any atom is -0.366 e. The van der Waals surface area contributed by atoms with Gasteiger partial charge in [-0.25, -0.2) is 0 Å². The zero-order valence-corrected chi connectivity index (χ0v) is 14.6. The first-order chi connectivity index (χ1) is 9.65. The molecule has 2 fully saturated rings. The fourth-order valence-corrected chi connectivity index (χ4v) is 4.47. The van der Waals surface area contributed by atoms with Gasteiger partial charge in [0.1, 0.15) is 0 Å². The van der Waals surface area contributed by atoms with Crippen molar-refractivity contribution in [3.8, 4) is 0 Å². The summed E-state index contributed by atoms with van der Waals surface area (Å²) in [6.07, 6.45) is 2.69. The van der Waals surface area contributed by atoms with Crippen LogP contribution in [0.15, 0.2) is 22.7 Å². The normalized spacial score (nSPS) is 26.9. The fourth-order valence-electron chi connectivity index (χ4n) is 2.72. The molecule has 1 saturated heterocycles. The molecular formula is C16H23BrN2S. The van der Waals surface area contributed by atoms with E-state index in [1.165, 1.54) is 34.3 Å². The third-order valence-electron chi connectivity index (χ3n) is 4.38. The van der Waals surface area contributed by atoms with Crippen molar-refractivity contribution in [1.29, 1.82) is 0 Å². The molecule has 0 spiro atoms. The molecule has 20 heavy (non-hydrogen) atoms. The van der Waals surface area contributed by atoms with E-state index in [9.17, 15) is 0 Å². The molecular weight excluding hydrogens is 332 g/mol. The van der Waals surface area contributed by atoms with Gasteiger partial charge in [0, 0.05) is 40.6 Å². The predicted octanol–water partition coefficient (Wildman–Crippen LogP) is 4.03. The van der Waals surface area contributed by atoms with E-state index in [0.717, 1.165) is 19.1 Å². The third kappa shape index (κ3) is 3.34. The summed E-state index contributed by atoms with van der Waals surface area (Å²) in [5.74, 6) is 1.23.